The van der Waals surface area contributed by atoms with Crippen molar-refractivity contribution in [3.05, 3.63) is 58.9 Å². The minimum absolute atomic E-state index is 0.0973. The molecule has 1 aliphatic heterocycles. The minimum Gasteiger partial charge on any atom is -0.376 e. The molecule has 0 saturated carbocycles. The van der Waals surface area contributed by atoms with Gasteiger partial charge in [-0.1, -0.05) is 18.2 Å². The summed E-state index contributed by atoms with van der Waals surface area (Å²) in [4.78, 5) is 12.7. The number of ether oxygens (including phenoxy) is 1. The molecule has 6 heteroatoms. The second kappa shape index (κ2) is 6.98. The van der Waals surface area contributed by atoms with Gasteiger partial charge in [0.15, 0.2) is 0 Å². The fraction of sp³-hybridized carbons (Fsp3) is 0.316. The molecule has 130 valence electrons. The van der Waals surface area contributed by atoms with Crippen molar-refractivity contribution >= 4 is 27.5 Å². The van der Waals surface area contributed by atoms with Gasteiger partial charge in [-0.25, -0.2) is 4.39 Å². The number of hydrogen-bond donors (Lipinski definition) is 1. The quantitative estimate of drug-likeness (QED) is 0.754. The molecule has 1 atom stereocenters. The molecule has 1 N–H and O–H groups in total. The van der Waals surface area contributed by atoms with E-state index in [-0.39, 0.29) is 17.8 Å². The van der Waals surface area contributed by atoms with Crippen LogP contribution in [0.3, 0.4) is 0 Å². The smallest absolute Gasteiger partial charge is 0.268 e. The second-order valence-electron chi connectivity index (χ2n) is 6.22. The number of nitrogens with zero attached hydrogens (tertiary/aromatic N) is 1. The van der Waals surface area contributed by atoms with Crippen LogP contribution in [0.2, 0.25) is 0 Å². The first-order valence-electron chi connectivity index (χ1n) is 8.42. The third-order valence-corrected chi connectivity index (χ3v) is 5.41. The number of hydrogen-bond acceptors (Lipinski definition) is 3. The van der Waals surface area contributed by atoms with E-state index in [2.05, 4.69) is 5.32 Å². The zero-order valence-corrected chi connectivity index (χ0v) is 14.5. The molecule has 1 fully saturated rings. The molecule has 2 aromatic heterocycles. The molecule has 1 saturated heterocycles. The highest BCUT2D eigenvalue weighted by Crippen LogP contribution is 2.27. The summed E-state index contributed by atoms with van der Waals surface area (Å²) in [6.45, 7) is 1.60. The molecule has 4 rings (SSSR count). The lowest BCUT2D eigenvalue weighted by Crippen LogP contribution is -2.33. The van der Waals surface area contributed by atoms with Crippen molar-refractivity contribution in [1.29, 1.82) is 0 Å². The van der Waals surface area contributed by atoms with Crippen LogP contribution in [0.4, 0.5) is 4.39 Å². The van der Waals surface area contributed by atoms with Crippen LogP contribution >= 0.6 is 11.3 Å². The lowest BCUT2D eigenvalue weighted by molar-refractivity contribution is 0.0851. The SMILES string of the molecule is O=C(NCC1CCCO1)c1cc2sccc2n1Cc1ccccc1F. The molecule has 1 unspecified atom stereocenters. The molecular weight excluding hydrogens is 339 g/mol. The average molecular weight is 358 g/mol. The Hall–Kier alpha value is -2.18. The normalized spacial score (nSPS) is 17.2. The van der Waals surface area contributed by atoms with Gasteiger partial charge in [0, 0.05) is 18.7 Å². The lowest BCUT2D eigenvalue weighted by atomic mass is 10.2. The van der Waals surface area contributed by atoms with E-state index >= 15 is 0 Å². The number of amides is 1. The summed E-state index contributed by atoms with van der Waals surface area (Å²) in [7, 11) is 0. The van der Waals surface area contributed by atoms with Crippen LogP contribution < -0.4 is 5.32 Å². The first-order chi connectivity index (χ1) is 12.2. The van der Waals surface area contributed by atoms with Gasteiger partial charge in [-0.05, 0) is 36.4 Å². The maximum absolute atomic E-state index is 14.1. The summed E-state index contributed by atoms with van der Waals surface area (Å²) in [5, 5.41) is 4.94. The van der Waals surface area contributed by atoms with Gasteiger partial charge in [-0.2, -0.15) is 0 Å². The molecule has 1 aromatic carbocycles. The van der Waals surface area contributed by atoms with Crippen molar-refractivity contribution in [1.82, 2.24) is 9.88 Å². The molecule has 0 aliphatic carbocycles. The van der Waals surface area contributed by atoms with Crippen LogP contribution in [0.1, 0.15) is 28.9 Å². The second-order valence-corrected chi connectivity index (χ2v) is 7.17. The molecule has 0 spiro atoms. The third kappa shape index (κ3) is 3.32. The predicted octanol–water partition coefficient (Wildman–Crippen LogP) is 3.80. The summed E-state index contributed by atoms with van der Waals surface area (Å²) in [5.41, 5.74) is 2.08. The fourth-order valence-electron chi connectivity index (χ4n) is 3.23. The van der Waals surface area contributed by atoms with Crippen molar-refractivity contribution in [2.24, 2.45) is 0 Å². The number of thiophene rings is 1. The summed E-state index contributed by atoms with van der Waals surface area (Å²) >= 11 is 1.58. The Kier molecular flexibility index (Phi) is 4.55. The van der Waals surface area contributed by atoms with Gasteiger partial charge in [0.1, 0.15) is 11.5 Å². The summed E-state index contributed by atoms with van der Waals surface area (Å²) < 4.78 is 22.5. The Morgan fingerprint density at radius 3 is 3.04 bits per heavy atom. The van der Waals surface area contributed by atoms with Crippen molar-refractivity contribution in [3.63, 3.8) is 0 Å². The van der Waals surface area contributed by atoms with Crippen LogP contribution in [0.25, 0.3) is 10.2 Å². The maximum Gasteiger partial charge on any atom is 0.268 e. The van der Waals surface area contributed by atoms with Crippen molar-refractivity contribution in [2.75, 3.05) is 13.2 Å². The fourth-order valence-corrected chi connectivity index (χ4v) is 4.06. The monoisotopic (exact) mass is 358 g/mol. The molecule has 1 amide bonds. The van der Waals surface area contributed by atoms with E-state index in [1.165, 1.54) is 6.07 Å². The number of fused-ring (bicyclic) bond motifs is 1. The largest absolute Gasteiger partial charge is 0.376 e. The van der Waals surface area contributed by atoms with Crippen LogP contribution in [0, 0.1) is 5.82 Å². The molecule has 3 heterocycles. The number of rotatable bonds is 5. The zero-order chi connectivity index (χ0) is 17.2. The summed E-state index contributed by atoms with van der Waals surface area (Å²) in [6.07, 6.45) is 2.12. The van der Waals surface area contributed by atoms with Gasteiger partial charge in [0.05, 0.1) is 22.9 Å². The van der Waals surface area contributed by atoms with Gasteiger partial charge in [-0.15, -0.1) is 11.3 Å². The summed E-state index contributed by atoms with van der Waals surface area (Å²) in [6, 6.07) is 10.5. The van der Waals surface area contributed by atoms with Gasteiger partial charge >= 0.3 is 0 Å². The van der Waals surface area contributed by atoms with E-state index < -0.39 is 0 Å². The third-order valence-electron chi connectivity index (χ3n) is 4.56. The molecule has 0 radical (unpaired) electrons. The minimum atomic E-state index is -0.259. The number of nitrogens with one attached hydrogen (secondary N) is 1. The van der Waals surface area contributed by atoms with E-state index in [1.54, 1.807) is 23.5 Å². The molecule has 0 bridgehead atoms. The molecule has 1 aliphatic rings. The van der Waals surface area contributed by atoms with Crippen LogP contribution in [-0.4, -0.2) is 29.7 Å². The average Bonchev–Trinajstić information content (AvgIpc) is 3.33. The number of carbonyl (C=O) groups is 1. The molecule has 3 aromatic rings. The number of halogens is 1. The van der Waals surface area contributed by atoms with Gasteiger partial charge in [0.25, 0.3) is 5.91 Å². The van der Waals surface area contributed by atoms with E-state index in [0.717, 1.165) is 29.7 Å². The zero-order valence-electron chi connectivity index (χ0n) is 13.7. The Morgan fingerprint density at radius 1 is 1.36 bits per heavy atom. The Balaban J connectivity index is 1.60. The van der Waals surface area contributed by atoms with Crippen LogP contribution in [0.15, 0.2) is 41.8 Å². The number of carbonyl (C=O) groups excluding carboxylic acids is 1. The predicted molar refractivity (Wildman–Crippen MR) is 96.6 cm³/mol. The van der Waals surface area contributed by atoms with Crippen molar-refractivity contribution < 1.29 is 13.9 Å². The topological polar surface area (TPSA) is 43.3 Å². The molecular formula is C19H19FN2O2S. The van der Waals surface area contributed by atoms with Crippen molar-refractivity contribution in [2.45, 2.75) is 25.5 Å². The number of benzene rings is 1. The Bertz CT molecular complexity index is 896. The molecule has 4 nitrogen and oxygen atoms in total. The highest BCUT2D eigenvalue weighted by molar-refractivity contribution is 7.17. The number of aromatic nitrogens is 1. The van der Waals surface area contributed by atoms with E-state index in [1.807, 2.05) is 28.1 Å². The first-order valence-corrected chi connectivity index (χ1v) is 9.30. The first kappa shape index (κ1) is 16.3. The maximum atomic E-state index is 14.1. The highest BCUT2D eigenvalue weighted by atomic mass is 32.1. The van der Waals surface area contributed by atoms with Crippen LogP contribution in [0.5, 0.6) is 0 Å². The standard InChI is InChI=1S/C19H19FN2O2S/c20-15-6-2-1-4-13(15)12-22-16-7-9-25-18(16)10-17(22)19(23)21-11-14-5-3-8-24-14/h1-2,4,6-7,9-10,14H,3,5,8,11-12H2,(H,21,23). The van der Waals surface area contributed by atoms with Crippen molar-refractivity contribution in [3.8, 4) is 0 Å². The van der Waals surface area contributed by atoms with Crippen LogP contribution in [-0.2, 0) is 11.3 Å². The van der Waals surface area contributed by atoms with E-state index in [0.29, 0.717) is 24.3 Å². The van der Waals surface area contributed by atoms with Gasteiger partial charge in [0.2, 0.25) is 0 Å². The van der Waals surface area contributed by atoms with E-state index in [9.17, 15) is 9.18 Å². The highest BCUT2D eigenvalue weighted by Gasteiger charge is 2.20. The van der Waals surface area contributed by atoms with E-state index in [4.69, 9.17) is 4.74 Å². The summed E-state index contributed by atoms with van der Waals surface area (Å²) in [5.74, 6) is -0.402. The van der Waals surface area contributed by atoms with Gasteiger partial charge in [-0.3, -0.25) is 4.79 Å². The Labute approximate surface area is 149 Å². The Morgan fingerprint density at radius 2 is 2.24 bits per heavy atom. The molecule has 25 heavy (non-hydrogen) atoms. The lowest BCUT2D eigenvalue weighted by Gasteiger charge is -2.13. The van der Waals surface area contributed by atoms with Gasteiger partial charge < -0.3 is 14.6 Å².